The minimum Gasteiger partial charge on any atom is -0.392 e. The first-order chi connectivity index (χ1) is 11.6. The molecule has 2 amide bonds. The topological polar surface area (TPSA) is 78.4 Å². The molecule has 2 aromatic carbocycles. The van der Waals surface area contributed by atoms with Crippen molar-refractivity contribution in [1.29, 1.82) is 0 Å². The van der Waals surface area contributed by atoms with Gasteiger partial charge in [-0.1, -0.05) is 54.1 Å². The number of amides is 2. The minimum atomic E-state index is -0.307. The third-order valence-electron chi connectivity index (χ3n) is 3.67. The van der Waals surface area contributed by atoms with Gasteiger partial charge in [0.15, 0.2) is 5.78 Å². The Morgan fingerprint density at radius 1 is 0.917 bits per heavy atom. The van der Waals surface area contributed by atoms with Crippen molar-refractivity contribution in [3.05, 3.63) is 70.8 Å². The summed E-state index contributed by atoms with van der Waals surface area (Å²) in [6, 6.07) is 14.4. The predicted octanol–water partition coefficient (Wildman–Crippen LogP) is 2.56. The van der Waals surface area contributed by atoms with E-state index in [-0.39, 0.29) is 24.8 Å². The van der Waals surface area contributed by atoms with Crippen molar-refractivity contribution >= 4 is 11.8 Å². The molecule has 0 saturated carbocycles. The summed E-state index contributed by atoms with van der Waals surface area (Å²) >= 11 is 0. The Morgan fingerprint density at radius 3 is 2.17 bits per heavy atom. The van der Waals surface area contributed by atoms with Gasteiger partial charge in [-0.3, -0.25) is 4.79 Å². The molecule has 0 saturated heterocycles. The smallest absolute Gasteiger partial charge is 0.315 e. The van der Waals surface area contributed by atoms with E-state index in [2.05, 4.69) is 10.6 Å². The van der Waals surface area contributed by atoms with Gasteiger partial charge < -0.3 is 15.7 Å². The fourth-order valence-corrected chi connectivity index (χ4v) is 2.18. The lowest BCUT2D eigenvalue weighted by Crippen LogP contribution is -2.36. The van der Waals surface area contributed by atoms with Crippen LogP contribution in [0.15, 0.2) is 48.5 Å². The average molecular weight is 326 g/mol. The second kappa shape index (κ2) is 8.84. The molecule has 0 spiro atoms. The van der Waals surface area contributed by atoms with Crippen LogP contribution in [-0.2, 0) is 13.2 Å². The van der Waals surface area contributed by atoms with E-state index in [9.17, 15) is 9.59 Å². The summed E-state index contributed by atoms with van der Waals surface area (Å²) in [7, 11) is 0. The van der Waals surface area contributed by atoms with Crippen LogP contribution in [0.2, 0.25) is 0 Å². The summed E-state index contributed by atoms with van der Waals surface area (Å²) < 4.78 is 0. The lowest BCUT2D eigenvalue weighted by atomic mass is 10.1. The van der Waals surface area contributed by atoms with Crippen LogP contribution in [0.25, 0.3) is 0 Å². The van der Waals surface area contributed by atoms with Crippen LogP contribution in [-0.4, -0.2) is 23.5 Å². The molecule has 0 bridgehead atoms. The van der Waals surface area contributed by atoms with E-state index in [1.54, 1.807) is 12.1 Å². The summed E-state index contributed by atoms with van der Waals surface area (Å²) in [5.74, 6) is 0.00916. The summed E-state index contributed by atoms with van der Waals surface area (Å²) in [5.41, 5.74) is 3.54. The Bertz CT molecular complexity index is 679. The molecule has 2 aromatic rings. The quantitative estimate of drug-likeness (QED) is 0.684. The Hall–Kier alpha value is -2.66. The third-order valence-corrected chi connectivity index (χ3v) is 3.67. The lowest BCUT2D eigenvalue weighted by molar-refractivity contribution is 0.0983. The minimum absolute atomic E-state index is 0.00318. The molecule has 2 rings (SSSR count). The first-order valence-corrected chi connectivity index (χ1v) is 7.88. The molecule has 3 N–H and O–H groups in total. The van der Waals surface area contributed by atoms with Gasteiger partial charge in [0.05, 0.1) is 6.61 Å². The molecule has 126 valence electrons. The zero-order chi connectivity index (χ0) is 17.4. The zero-order valence-corrected chi connectivity index (χ0v) is 13.7. The first kappa shape index (κ1) is 17.7. The summed E-state index contributed by atoms with van der Waals surface area (Å²) in [5, 5.41) is 14.4. The number of carbonyl (C=O) groups excluding carboxylic acids is 2. The molecule has 5 nitrogen and oxygen atoms in total. The van der Waals surface area contributed by atoms with Crippen molar-refractivity contribution in [3.63, 3.8) is 0 Å². The molecule has 0 aromatic heterocycles. The number of aryl methyl sites for hydroxylation is 1. The Morgan fingerprint density at radius 2 is 1.54 bits per heavy atom. The van der Waals surface area contributed by atoms with Crippen molar-refractivity contribution in [3.8, 4) is 0 Å². The number of hydrogen-bond donors (Lipinski definition) is 3. The monoisotopic (exact) mass is 326 g/mol. The van der Waals surface area contributed by atoms with E-state index in [1.165, 1.54) is 0 Å². The Labute approximate surface area is 141 Å². The van der Waals surface area contributed by atoms with Gasteiger partial charge in [0.1, 0.15) is 0 Å². The van der Waals surface area contributed by atoms with Gasteiger partial charge in [0.25, 0.3) is 0 Å². The number of urea groups is 1. The summed E-state index contributed by atoms with van der Waals surface area (Å²) in [4.78, 5) is 23.7. The highest BCUT2D eigenvalue weighted by atomic mass is 16.3. The van der Waals surface area contributed by atoms with E-state index >= 15 is 0 Å². The fourth-order valence-electron chi connectivity index (χ4n) is 2.18. The molecule has 0 heterocycles. The number of rotatable bonds is 7. The number of nitrogens with one attached hydrogen (secondary N) is 2. The number of aliphatic hydroxyl groups excluding tert-OH is 1. The summed E-state index contributed by atoms with van der Waals surface area (Å²) in [6.07, 6.45) is 0.266. The predicted molar refractivity (Wildman–Crippen MR) is 92.7 cm³/mol. The van der Waals surface area contributed by atoms with Gasteiger partial charge in [0.2, 0.25) is 0 Å². The van der Waals surface area contributed by atoms with Crippen molar-refractivity contribution in [2.75, 3.05) is 6.54 Å². The maximum Gasteiger partial charge on any atom is 0.315 e. The molecule has 0 aliphatic rings. The number of ketones is 1. The lowest BCUT2D eigenvalue weighted by Gasteiger charge is -2.08. The third kappa shape index (κ3) is 5.52. The van der Waals surface area contributed by atoms with Crippen LogP contribution < -0.4 is 10.6 Å². The van der Waals surface area contributed by atoms with E-state index in [0.29, 0.717) is 18.7 Å². The SMILES string of the molecule is Cc1ccc(C(=O)CCNC(=O)NCc2ccc(CO)cc2)cc1. The number of carbonyl (C=O) groups is 2. The highest BCUT2D eigenvalue weighted by molar-refractivity contribution is 5.96. The van der Waals surface area contributed by atoms with Crippen molar-refractivity contribution in [1.82, 2.24) is 10.6 Å². The van der Waals surface area contributed by atoms with Gasteiger partial charge >= 0.3 is 6.03 Å². The molecular formula is C19H22N2O3. The molecular weight excluding hydrogens is 304 g/mol. The number of Topliss-reactive ketones (excluding diaryl/α,β-unsaturated/α-hetero) is 1. The van der Waals surface area contributed by atoms with E-state index < -0.39 is 0 Å². The average Bonchev–Trinajstić information content (AvgIpc) is 2.61. The van der Waals surface area contributed by atoms with Gasteiger partial charge in [-0.25, -0.2) is 4.79 Å². The van der Waals surface area contributed by atoms with Gasteiger partial charge in [-0.15, -0.1) is 0 Å². The second-order valence-electron chi connectivity index (χ2n) is 5.62. The van der Waals surface area contributed by atoms with Gasteiger partial charge in [-0.05, 0) is 18.1 Å². The molecule has 24 heavy (non-hydrogen) atoms. The van der Waals surface area contributed by atoms with Crippen LogP contribution in [0.1, 0.15) is 33.5 Å². The van der Waals surface area contributed by atoms with Crippen LogP contribution >= 0.6 is 0 Å². The highest BCUT2D eigenvalue weighted by Crippen LogP contribution is 2.06. The summed E-state index contributed by atoms with van der Waals surface area (Å²) in [6.45, 7) is 2.66. The maximum absolute atomic E-state index is 12.0. The zero-order valence-electron chi connectivity index (χ0n) is 13.7. The molecule has 0 fully saturated rings. The Kier molecular flexibility index (Phi) is 6.51. The fraction of sp³-hybridized carbons (Fsp3) is 0.263. The van der Waals surface area contributed by atoms with Crippen LogP contribution in [0.5, 0.6) is 0 Å². The van der Waals surface area contributed by atoms with Gasteiger partial charge in [-0.2, -0.15) is 0 Å². The maximum atomic E-state index is 12.0. The number of benzene rings is 2. The molecule has 0 radical (unpaired) electrons. The molecule has 5 heteroatoms. The van der Waals surface area contributed by atoms with Crippen molar-refractivity contribution < 1.29 is 14.7 Å². The second-order valence-corrected chi connectivity index (χ2v) is 5.62. The first-order valence-electron chi connectivity index (χ1n) is 7.88. The number of hydrogen-bond acceptors (Lipinski definition) is 3. The van der Waals surface area contributed by atoms with Crippen molar-refractivity contribution in [2.45, 2.75) is 26.5 Å². The van der Waals surface area contributed by atoms with Crippen LogP contribution in [0.4, 0.5) is 4.79 Å². The van der Waals surface area contributed by atoms with E-state index in [1.807, 2.05) is 43.3 Å². The van der Waals surface area contributed by atoms with Crippen LogP contribution in [0, 0.1) is 6.92 Å². The van der Waals surface area contributed by atoms with Crippen molar-refractivity contribution in [2.24, 2.45) is 0 Å². The van der Waals surface area contributed by atoms with Crippen LogP contribution in [0.3, 0.4) is 0 Å². The van der Waals surface area contributed by atoms with E-state index in [4.69, 9.17) is 5.11 Å². The molecule has 0 aliphatic carbocycles. The highest BCUT2D eigenvalue weighted by Gasteiger charge is 2.06. The Balaban J connectivity index is 1.69. The van der Waals surface area contributed by atoms with E-state index in [0.717, 1.165) is 16.7 Å². The largest absolute Gasteiger partial charge is 0.392 e. The molecule has 0 unspecified atom stereocenters. The molecule has 0 atom stereocenters. The molecule has 0 aliphatic heterocycles. The normalized spacial score (nSPS) is 10.2. The number of aliphatic hydroxyl groups is 1. The standard InChI is InChI=1S/C19H22N2O3/c1-14-2-8-17(9-3-14)18(23)10-11-20-19(24)21-12-15-4-6-16(13-22)7-5-15/h2-9,22H,10-13H2,1H3,(H2,20,21,24). The van der Waals surface area contributed by atoms with Gasteiger partial charge in [0, 0.05) is 25.1 Å².